The highest BCUT2D eigenvalue weighted by Crippen LogP contribution is 2.33. The first kappa shape index (κ1) is 21.9. The number of nitrogens with one attached hydrogen (secondary N) is 1. The molecular weight excluding hydrogens is 432 g/mol. The number of benzene rings is 1. The van der Waals surface area contributed by atoms with Crippen LogP contribution in [0, 0.1) is 11.3 Å². The van der Waals surface area contributed by atoms with Crippen LogP contribution in [0.25, 0.3) is 34.2 Å². The topological polar surface area (TPSA) is 121 Å². The fourth-order valence-electron chi connectivity index (χ4n) is 4.46. The highest BCUT2D eigenvalue weighted by Gasteiger charge is 2.21. The Morgan fingerprint density at radius 2 is 2.15 bits per heavy atom. The van der Waals surface area contributed by atoms with Crippen molar-refractivity contribution < 1.29 is 9.84 Å². The first-order valence-electron chi connectivity index (χ1n) is 11.1. The number of hydrogen-bond donors (Lipinski definition) is 2. The van der Waals surface area contributed by atoms with Crippen molar-refractivity contribution in [2.45, 2.75) is 26.1 Å². The zero-order chi connectivity index (χ0) is 23.8. The van der Waals surface area contributed by atoms with E-state index >= 15 is 0 Å². The summed E-state index contributed by atoms with van der Waals surface area (Å²) in [5.41, 5.74) is 5.46. The van der Waals surface area contributed by atoms with Crippen LogP contribution < -0.4 is 4.74 Å². The molecule has 1 atom stereocenters. The van der Waals surface area contributed by atoms with Crippen LogP contribution in [0.3, 0.4) is 0 Å². The summed E-state index contributed by atoms with van der Waals surface area (Å²) in [4.78, 5) is 2.12. The minimum Gasteiger partial charge on any atom is -0.473 e. The van der Waals surface area contributed by atoms with Gasteiger partial charge in [0.15, 0.2) is 5.69 Å². The molecule has 1 aliphatic rings. The zero-order valence-corrected chi connectivity index (χ0v) is 19.4. The predicted octanol–water partition coefficient (Wildman–Crippen LogP) is 2.41. The number of ether oxygens (including phenoxy) is 1. The lowest BCUT2D eigenvalue weighted by atomic mass is 10.0. The molecule has 1 aliphatic heterocycles. The number of aliphatic hydroxyl groups excluding tert-OH is 1. The van der Waals surface area contributed by atoms with Crippen molar-refractivity contribution in [1.29, 1.82) is 5.26 Å². The van der Waals surface area contributed by atoms with Crippen LogP contribution >= 0.6 is 0 Å². The Balaban J connectivity index is 1.70. The molecule has 0 unspecified atom stereocenters. The Labute approximate surface area is 196 Å². The standard InChI is InChI=1S/C24H26N8O2/c1-15-13-30(2)14-23-17(22(11-25)29-32(23)8-9-33)5-7-21-18-10-16(4-6-20(18)27-28-21)19-12-26-31(3)24(19)34-15/h4-7,10,12,15,33H,8-9,13-14H2,1-3H3,(H,27,28)/b7-5+/t15-/m0/s1. The summed E-state index contributed by atoms with van der Waals surface area (Å²) in [6, 6.07) is 8.28. The second-order valence-corrected chi connectivity index (χ2v) is 8.58. The van der Waals surface area contributed by atoms with Crippen LogP contribution in [-0.4, -0.2) is 66.1 Å². The Morgan fingerprint density at radius 3 is 2.94 bits per heavy atom. The SMILES string of the molecule is C[C@H]1CN(C)Cc2c(c(C#N)nn2CCO)/C=C/c2n[nH]c3ccc(cc23)-c2cnn(C)c2O1. The van der Waals surface area contributed by atoms with Gasteiger partial charge in [-0.1, -0.05) is 6.07 Å². The number of hydrogen-bond acceptors (Lipinski definition) is 7. The average molecular weight is 459 g/mol. The van der Waals surface area contributed by atoms with Crippen LogP contribution in [0.15, 0.2) is 24.4 Å². The van der Waals surface area contributed by atoms with Crippen molar-refractivity contribution in [3.05, 3.63) is 47.0 Å². The summed E-state index contributed by atoms with van der Waals surface area (Å²) >= 11 is 0. The molecule has 10 heteroatoms. The maximum absolute atomic E-state index is 9.73. The molecule has 4 heterocycles. The average Bonchev–Trinajstić information content (AvgIpc) is 3.48. The normalized spacial score (nSPS) is 17.4. The molecular formula is C24H26N8O2. The van der Waals surface area contributed by atoms with E-state index in [2.05, 4.69) is 37.4 Å². The van der Waals surface area contributed by atoms with Gasteiger partial charge in [-0.2, -0.15) is 20.6 Å². The second kappa shape index (κ2) is 8.78. The van der Waals surface area contributed by atoms with Crippen LogP contribution in [-0.2, 0) is 20.1 Å². The van der Waals surface area contributed by atoms with E-state index in [1.807, 2.05) is 51.5 Å². The van der Waals surface area contributed by atoms with Gasteiger partial charge in [0.05, 0.1) is 41.8 Å². The summed E-state index contributed by atoms with van der Waals surface area (Å²) < 4.78 is 9.81. The molecule has 0 amide bonds. The number of fused-ring (bicyclic) bond motifs is 4. The van der Waals surface area contributed by atoms with Gasteiger partial charge in [0.1, 0.15) is 12.2 Å². The number of aryl methyl sites for hydroxylation is 1. The minimum absolute atomic E-state index is 0.0675. The highest BCUT2D eigenvalue weighted by atomic mass is 16.5. The molecule has 0 spiro atoms. The Hall–Kier alpha value is -3.94. The van der Waals surface area contributed by atoms with Gasteiger partial charge in [0.2, 0.25) is 5.88 Å². The molecule has 0 saturated carbocycles. The fourth-order valence-corrected chi connectivity index (χ4v) is 4.46. The monoisotopic (exact) mass is 458 g/mol. The smallest absolute Gasteiger partial charge is 0.219 e. The van der Waals surface area contributed by atoms with E-state index in [9.17, 15) is 10.4 Å². The van der Waals surface area contributed by atoms with E-state index in [1.54, 1.807) is 9.36 Å². The van der Waals surface area contributed by atoms with Gasteiger partial charge < -0.3 is 9.84 Å². The van der Waals surface area contributed by atoms with Crippen molar-refractivity contribution in [3.63, 3.8) is 0 Å². The zero-order valence-electron chi connectivity index (χ0n) is 19.4. The third-order valence-electron chi connectivity index (χ3n) is 6.01. The molecule has 0 radical (unpaired) electrons. The second-order valence-electron chi connectivity index (χ2n) is 8.58. The quantitative estimate of drug-likeness (QED) is 0.473. The predicted molar refractivity (Wildman–Crippen MR) is 128 cm³/mol. The third-order valence-corrected chi connectivity index (χ3v) is 6.01. The van der Waals surface area contributed by atoms with Crippen LogP contribution in [0.1, 0.15) is 29.6 Å². The number of aromatic amines is 1. The van der Waals surface area contributed by atoms with Gasteiger partial charge in [-0.05, 0) is 43.8 Å². The van der Waals surface area contributed by atoms with Crippen LogP contribution in [0.5, 0.6) is 5.88 Å². The van der Waals surface area contributed by atoms with Crippen molar-refractivity contribution >= 4 is 23.1 Å². The van der Waals surface area contributed by atoms with Crippen molar-refractivity contribution in [1.82, 2.24) is 34.7 Å². The molecule has 2 bridgehead atoms. The van der Waals surface area contributed by atoms with Gasteiger partial charge >= 0.3 is 0 Å². The molecule has 1 aromatic carbocycles. The lowest BCUT2D eigenvalue weighted by Crippen LogP contribution is -2.32. The summed E-state index contributed by atoms with van der Waals surface area (Å²) in [5.74, 6) is 0.702. The van der Waals surface area contributed by atoms with Crippen molar-refractivity contribution in [3.8, 4) is 23.1 Å². The number of H-pyrrole nitrogens is 1. The van der Waals surface area contributed by atoms with E-state index in [0.29, 0.717) is 31.2 Å². The van der Waals surface area contributed by atoms with Gasteiger partial charge in [-0.3, -0.25) is 14.7 Å². The molecule has 3 aromatic heterocycles. The van der Waals surface area contributed by atoms with Gasteiger partial charge in [-0.25, -0.2) is 4.68 Å². The largest absolute Gasteiger partial charge is 0.473 e. The van der Waals surface area contributed by atoms with E-state index in [1.165, 1.54) is 0 Å². The molecule has 0 saturated heterocycles. The fraction of sp³-hybridized carbons (Fsp3) is 0.333. The Kier molecular flexibility index (Phi) is 5.65. The number of aliphatic hydroxyl groups is 1. The van der Waals surface area contributed by atoms with Gasteiger partial charge in [0, 0.05) is 31.1 Å². The van der Waals surface area contributed by atoms with Gasteiger partial charge in [0.25, 0.3) is 0 Å². The lowest BCUT2D eigenvalue weighted by molar-refractivity contribution is 0.146. The van der Waals surface area contributed by atoms with Crippen molar-refractivity contribution in [2.24, 2.45) is 7.05 Å². The molecule has 0 aliphatic carbocycles. The third kappa shape index (κ3) is 3.85. The number of aromatic nitrogens is 6. The van der Waals surface area contributed by atoms with E-state index in [0.717, 1.165) is 39.0 Å². The molecule has 5 rings (SSSR count). The van der Waals surface area contributed by atoms with E-state index < -0.39 is 0 Å². The first-order valence-corrected chi connectivity index (χ1v) is 11.1. The number of nitriles is 1. The minimum atomic E-state index is -0.124. The number of rotatable bonds is 2. The first-order chi connectivity index (χ1) is 16.5. The van der Waals surface area contributed by atoms with E-state index in [-0.39, 0.29) is 12.7 Å². The maximum Gasteiger partial charge on any atom is 0.219 e. The van der Waals surface area contributed by atoms with Crippen molar-refractivity contribution in [2.75, 3.05) is 20.2 Å². The van der Waals surface area contributed by atoms with Gasteiger partial charge in [-0.15, -0.1) is 0 Å². The summed E-state index contributed by atoms with van der Waals surface area (Å²) in [7, 11) is 3.87. The Morgan fingerprint density at radius 1 is 1.29 bits per heavy atom. The Bertz CT molecular complexity index is 1420. The van der Waals surface area contributed by atoms with Crippen LogP contribution in [0.2, 0.25) is 0 Å². The van der Waals surface area contributed by atoms with Crippen LogP contribution in [0.4, 0.5) is 0 Å². The summed E-state index contributed by atoms with van der Waals surface area (Å²) in [6.45, 7) is 3.44. The molecule has 34 heavy (non-hydrogen) atoms. The van der Waals surface area contributed by atoms with E-state index in [4.69, 9.17) is 4.74 Å². The molecule has 4 aromatic rings. The summed E-state index contributed by atoms with van der Waals surface area (Å²) in [5, 5.41) is 36.7. The molecule has 10 nitrogen and oxygen atoms in total. The molecule has 174 valence electrons. The number of likely N-dealkylation sites (N-methyl/N-ethyl adjacent to an activating group) is 1. The lowest BCUT2D eigenvalue weighted by Gasteiger charge is -2.23. The molecule has 0 fully saturated rings. The summed E-state index contributed by atoms with van der Waals surface area (Å²) in [6.07, 6.45) is 5.48. The maximum atomic E-state index is 9.73. The highest BCUT2D eigenvalue weighted by molar-refractivity contribution is 5.93. The molecule has 2 N–H and O–H groups in total. The number of nitrogens with zero attached hydrogens (tertiary/aromatic N) is 7.